The molecule has 1 unspecified atom stereocenters. The van der Waals surface area contributed by atoms with Crippen LogP contribution in [0.3, 0.4) is 0 Å². The van der Waals surface area contributed by atoms with Crippen LogP contribution in [0.1, 0.15) is 90.4 Å². The van der Waals surface area contributed by atoms with Crippen LogP contribution in [0, 0.1) is 0 Å². The quantitative estimate of drug-likeness (QED) is 0.137. The van der Waals surface area contributed by atoms with Crippen molar-refractivity contribution < 1.29 is 25.3 Å². The maximum absolute atomic E-state index is 9.62. The van der Waals surface area contributed by atoms with Gasteiger partial charge in [-0.15, -0.1) is 0 Å². The molecule has 0 spiro atoms. The predicted octanol–water partition coefficient (Wildman–Crippen LogP) is 3.11. The highest BCUT2D eigenvalue weighted by Crippen LogP contribution is 2.26. The molecule has 6 nitrogen and oxygen atoms in total. The summed E-state index contributed by atoms with van der Waals surface area (Å²) in [6.45, 7) is 2.60. The van der Waals surface area contributed by atoms with E-state index in [0.29, 0.717) is 19.4 Å². The van der Waals surface area contributed by atoms with Crippen molar-refractivity contribution in [3.05, 3.63) is 0 Å². The van der Waals surface area contributed by atoms with E-state index in [4.69, 9.17) is 9.94 Å². The number of unbranched alkanes of at least 4 members (excludes halogenated alkanes) is 9. The zero-order valence-corrected chi connectivity index (χ0v) is 16.1. The minimum absolute atomic E-state index is 0.0871. The van der Waals surface area contributed by atoms with Crippen LogP contribution in [0.5, 0.6) is 0 Å². The smallest absolute Gasteiger partial charge is 0.129 e. The molecule has 0 rings (SSSR count). The highest BCUT2D eigenvalue weighted by atomic mass is 16.5. The van der Waals surface area contributed by atoms with Crippen LogP contribution >= 0.6 is 0 Å². The number of rotatable bonds is 19. The monoisotopic (exact) mass is 363 g/mol. The molecule has 0 heterocycles. The summed E-state index contributed by atoms with van der Waals surface area (Å²) in [6, 6.07) is 0. The Labute approximate surface area is 153 Å². The molecular formula is C19H41NO5. The van der Waals surface area contributed by atoms with Crippen LogP contribution in [0.2, 0.25) is 0 Å². The fourth-order valence-electron chi connectivity index (χ4n) is 3.22. The van der Waals surface area contributed by atoms with Gasteiger partial charge >= 0.3 is 0 Å². The van der Waals surface area contributed by atoms with E-state index < -0.39 is 11.8 Å². The number of aliphatic hydroxyl groups excluding tert-OH is 3. The molecule has 0 aromatic rings. The van der Waals surface area contributed by atoms with Gasteiger partial charge in [-0.3, -0.25) is 0 Å². The van der Waals surface area contributed by atoms with Crippen molar-refractivity contribution in [2.45, 2.75) is 102 Å². The van der Waals surface area contributed by atoms with Crippen LogP contribution in [-0.2, 0) is 4.74 Å². The summed E-state index contributed by atoms with van der Waals surface area (Å²) in [6.07, 6.45) is 12.1. The van der Waals surface area contributed by atoms with Crippen LogP contribution < -0.4 is 5.48 Å². The fraction of sp³-hybridized carbons (Fsp3) is 1.00. The number of aliphatic hydroxyl groups is 3. The summed E-state index contributed by atoms with van der Waals surface area (Å²) in [5, 5.41) is 37.0. The normalized spacial score (nSPS) is 13.3. The highest BCUT2D eigenvalue weighted by molar-refractivity contribution is 4.82. The van der Waals surface area contributed by atoms with Crippen molar-refractivity contribution in [2.24, 2.45) is 0 Å². The van der Waals surface area contributed by atoms with Gasteiger partial charge in [0.15, 0.2) is 0 Å². The van der Waals surface area contributed by atoms with Gasteiger partial charge in [0, 0.05) is 26.2 Å². The van der Waals surface area contributed by atoms with Crippen molar-refractivity contribution >= 4 is 0 Å². The van der Waals surface area contributed by atoms with Crippen LogP contribution in [0.15, 0.2) is 0 Å². The van der Waals surface area contributed by atoms with E-state index in [0.717, 1.165) is 12.8 Å². The largest absolute Gasteiger partial charge is 0.396 e. The molecule has 1 atom stereocenters. The average molecular weight is 364 g/mol. The lowest BCUT2D eigenvalue weighted by molar-refractivity contribution is -0.119. The first-order valence-electron chi connectivity index (χ1n) is 10.1. The molecule has 25 heavy (non-hydrogen) atoms. The van der Waals surface area contributed by atoms with Crippen molar-refractivity contribution in [2.75, 3.05) is 19.8 Å². The summed E-state index contributed by atoms with van der Waals surface area (Å²) >= 11 is 0. The Balaban J connectivity index is 3.89. The maximum Gasteiger partial charge on any atom is 0.129 e. The Morgan fingerprint density at radius 1 is 0.840 bits per heavy atom. The molecule has 0 aromatic carbocycles. The van der Waals surface area contributed by atoms with Gasteiger partial charge in [0.25, 0.3) is 0 Å². The molecule has 0 aliphatic rings. The third-order valence-corrected chi connectivity index (χ3v) is 4.76. The molecule has 0 aliphatic heterocycles. The number of hydrogen-bond acceptors (Lipinski definition) is 6. The first kappa shape index (κ1) is 24.8. The summed E-state index contributed by atoms with van der Waals surface area (Å²) in [5.41, 5.74) is 0.985. The highest BCUT2D eigenvalue weighted by Gasteiger charge is 2.32. The Kier molecular flexibility index (Phi) is 17.0. The van der Waals surface area contributed by atoms with Crippen LogP contribution in [-0.4, -0.2) is 52.2 Å². The van der Waals surface area contributed by atoms with Gasteiger partial charge in [-0.25, -0.2) is 0 Å². The van der Waals surface area contributed by atoms with E-state index >= 15 is 0 Å². The molecule has 0 radical (unpaired) electrons. The van der Waals surface area contributed by atoms with E-state index in [1.165, 1.54) is 51.4 Å². The van der Waals surface area contributed by atoms with Gasteiger partial charge in [0.1, 0.15) is 6.23 Å². The minimum Gasteiger partial charge on any atom is -0.396 e. The predicted molar refractivity (Wildman–Crippen MR) is 99.5 cm³/mol. The number of hydrogen-bond donors (Lipinski definition) is 5. The zero-order chi connectivity index (χ0) is 18.8. The van der Waals surface area contributed by atoms with Crippen LogP contribution in [0.4, 0.5) is 0 Å². The second-order valence-corrected chi connectivity index (χ2v) is 7.01. The van der Waals surface area contributed by atoms with Gasteiger partial charge in [0.05, 0.1) is 5.60 Å². The Hall–Kier alpha value is -0.240. The average Bonchev–Trinajstić information content (AvgIpc) is 2.60. The van der Waals surface area contributed by atoms with E-state index in [1.54, 1.807) is 5.48 Å². The van der Waals surface area contributed by atoms with Gasteiger partial charge in [-0.1, -0.05) is 64.7 Å². The molecule has 5 N–H and O–H groups in total. The molecule has 0 saturated carbocycles. The molecule has 0 amide bonds. The first-order chi connectivity index (χ1) is 12.1. The van der Waals surface area contributed by atoms with Gasteiger partial charge in [-0.2, -0.15) is 5.48 Å². The van der Waals surface area contributed by atoms with Crippen molar-refractivity contribution in [1.82, 2.24) is 5.48 Å². The maximum atomic E-state index is 9.62. The first-order valence-corrected chi connectivity index (χ1v) is 10.1. The zero-order valence-electron chi connectivity index (χ0n) is 16.1. The lowest BCUT2D eigenvalue weighted by atomic mass is 9.91. The molecule has 0 saturated heterocycles. The topological polar surface area (TPSA) is 102 Å². The lowest BCUT2D eigenvalue weighted by Gasteiger charge is -2.34. The van der Waals surface area contributed by atoms with Crippen LogP contribution in [0.25, 0.3) is 0 Å². The van der Waals surface area contributed by atoms with Crippen molar-refractivity contribution in [3.8, 4) is 0 Å². The SMILES string of the molecule is CCCCCCCCCCCCOC(CCO)(CCO)CC(O)NO. The Morgan fingerprint density at radius 2 is 1.32 bits per heavy atom. The Morgan fingerprint density at radius 3 is 1.76 bits per heavy atom. The number of nitrogens with one attached hydrogen (secondary N) is 1. The summed E-state index contributed by atoms with van der Waals surface area (Å²) in [7, 11) is 0. The molecule has 0 fully saturated rings. The third kappa shape index (κ3) is 13.6. The second kappa shape index (κ2) is 17.2. The lowest BCUT2D eigenvalue weighted by Crippen LogP contribution is -2.42. The third-order valence-electron chi connectivity index (χ3n) is 4.76. The molecule has 6 heteroatoms. The summed E-state index contributed by atoms with van der Waals surface area (Å²) in [5.74, 6) is 0. The summed E-state index contributed by atoms with van der Waals surface area (Å²) in [4.78, 5) is 0. The number of hydroxylamine groups is 1. The van der Waals surface area contributed by atoms with E-state index in [9.17, 15) is 15.3 Å². The van der Waals surface area contributed by atoms with Gasteiger partial charge < -0.3 is 25.3 Å². The van der Waals surface area contributed by atoms with Crippen molar-refractivity contribution in [1.29, 1.82) is 0 Å². The van der Waals surface area contributed by atoms with E-state index in [1.807, 2.05) is 0 Å². The summed E-state index contributed by atoms with van der Waals surface area (Å²) < 4.78 is 5.92. The van der Waals surface area contributed by atoms with E-state index in [-0.39, 0.29) is 19.6 Å². The van der Waals surface area contributed by atoms with Gasteiger partial charge in [0.2, 0.25) is 0 Å². The fourth-order valence-corrected chi connectivity index (χ4v) is 3.22. The molecule has 0 aromatic heterocycles. The van der Waals surface area contributed by atoms with E-state index in [2.05, 4.69) is 6.92 Å². The molecular weight excluding hydrogens is 322 g/mol. The minimum atomic E-state index is -1.13. The van der Waals surface area contributed by atoms with Crippen molar-refractivity contribution in [3.63, 3.8) is 0 Å². The Bertz CT molecular complexity index is 273. The molecule has 152 valence electrons. The number of ether oxygens (including phenoxy) is 1. The van der Waals surface area contributed by atoms with Gasteiger partial charge in [-0.05, 0) is 19.3 Å². The molecule has 0 bridgehead atoms. The molecule has 0 aliphatic carbocycles. The standard InChI is InChI=1S/C19H41NO5/c1-2-3-4-5-6-7-8-9-10-11-16-25-19(12-14-21,13-15-22)17-18(23)20-24/h18,20-24H,2-17H2,1H3. The second-order valence-electron chi connectivity index (χ2n) is 7.01.